The van der Waals surface area contributed by atoms with Gasteiger partial charge in [0.25, 0.3) is 0 Å². The summed E-state index contributed by atoms with van der Waals surface area (Å²) >= 11 is 4.98. The summed E-state index contributed by atoms with van der Waals surface area (Å²) < 4.78 is 0.935. The lowest BCUT2D eigenvalue weighted by Gasteiger charge is -2.07. The maximum atomic E-state index is 4.56. The Bertz CT molecular complexity index is 759. The molecule has 0 aromatic carbocycles. The lowest BCUT2D eigenvalue weighted by molar-refractivity contribution is 0.943. The van der Waals surface area contributed by atoms with Gasteiger partial charge >= 0.3 is 0 Å². The van der Waals surface area contributed by atoms with Crippen LogP contribution in [0.4, 0.5) is 5.95 Å². The molecule has 2 N–H and O–H groups in total. The minimum atomic E-state index is 0.589. The fourth-order valence-corrected chi connectivity index (χ4v) is 3.08. The van der Waals surface area contributed by atoms with Gasteiger partial charge in [0.1, 0.15) is 15.6 Å². The van der Waals surface area contributed by atoms with E-state index in [4.69, 9.17) is 0 Å². The maximum absolute atomic E-state index is 4.56. The number of aromatic nitrogens is 5. The third-order valence-corrected chi connectivity index (χ3v) is 4.61. The van der Waals surface area contributed by atoms with E-state index in [0.717, 1.165) is 33.0 Å². The van der Waals surface area contributed by atoms with Crippen molar-refractivity contribution in [3.63, 3.8) is 0 Å². The molecule has 3 aromatic heterocycles. The first-order valence-electron chi connectivity index (χ1n) is 6.51. The number of rotatable bonds is 5. The van der Waals surface area contributed by atoms with Crippen LogP contribution in [0.15, 0.2) is 39.2 Å². The van der Waals surface area contributed by atoms with E-state index in [2.05, 4.69) is 53.1 Å². The SMILES string of the molecule is CCCNc1nc(Sc2ncccc2Br)c2[nH]cnc2n1. The number of pyridine rings is 1. The second kappa shape index (κ2) is 6.40. The minimum absolute atomic E-state index is 0.589. The normalized spacial score (nSPS) is 11.0. The van der Waals surface area contributed by atoms with Crippen molar-refractivity contribution in [3.8, 4) is 0 Å². The van der Waals surface area contributed by atoms with Gasteiger partial charge in [-0.3, -0.25) is 0 Å². The Morgan fingerprint density at radius 1 is 1.29 bits per heavy atom. The van der Waals surface area contributed by atoms with Crippen LogP contribution in [0.25, 0.3) is 11.2 Å². The Hall–Kier alpha value is -1.67. The Kier molecular flexibility index (Phi) is 4.35. The number of nitrogens with one attached hydrogen (secondary N) is 2. The van der Waals surface area contributed by atoms with E-state index in [1.54, 1.807) is 12.5 Å². The number of halogens is 1. The number of fused-ring (bicyclic) bond motifs is 1. The molecule has 0 bridgehead atoms. The lowest BCUT2D eigenvalue weighted by Crippen LogP contribution is -2.05. The second-order valence-corrected chi connectivity index (χ2v) is 6.10. The van der Waals surface area contributed by atoms with Gasteiger partial charge in [-0.15, -0.1) is 0 Å². The van der Waals surface area contributed by atoms with Gasteiger partial charge in [-0.2, -0.15) is 4.98 Å². The molecule has 8 heteroatoms. The smallest absolute Gasteiger partial charge is 0.225 e. The first-order chi connectivity index (χ1) is 10.3. The van der Waals surface area contributed by atoms with E-state index in [1.165, 1.54) is 11.8 Å². The monoisotopic (exact) mass is 364 g/mol. The molecule has 0 saturated carbocycles. The minimum Gasteiger partial charge on any atom is -0.354 e. The summed E-state index contributed by atoms with van der Waals surface area (Å²) in [6, 6.07) is 3.84. The summed E-state index contributed by atoms with van der Waals surface area (Å²) in [6.45, 7) is 2.92. The summed E-state index contributed by atoms with van der Waals surface area (Å²) in [5.41, 5.74) is 1.47. The molecule has 0 unspecified atom stereocenters. The van der Waals surface area contributed by atoms with Crippen LogP contribution in [-0.2, 0) is 0 Å². The molecule has 0 atom stereocenters. The second-order valence-electron chi connectivity index (χ2n) is 4.27. The van der Waals surface area contributed by atoms with E-state index in [9.17, 15) is 0 Å². The number of anilines is 1. The fourth-order valence-electron chi connectivity index (χ4n) is 1.73. The van der Waals surface area contributed by atoms with Crippen molar-refractivity contribution in [2.24, 2.45) is 0 Å². The quantitative estimate of drug-likeness (QED) is 0.674. The van der Waals surface area contributed by atoms with Crippen LogP contribution in [0.1, 0.15) is 13.3 Å². The van der Waals surface area contributed by atoms with E-state index >= 15 is 0 Å². The molecule has 0 fully saturated rings. The van der Waals surface area contributed by atoms with Crippen LogP contribution in [0, 0.1) is 0 Å². The van der Waals surface area contributed by atoms with Crippen LogP contribution >= 0.6 is 27.7 Å². The zero-order valence-corrected chi connectivity index (χ0v) is 13.7. The third-order valence-electron chi connectivity index (χ3n) is 2.70. The first-order valence-corrected chi connectivity index (χ1v) is 8.12. The molecule has 108 valence electrons. The Balaban J connectivity index is 2.00. The number of nitrogens with zero attached hydrogens (tertiary/aromatic N) is 4. The number of H-pyrrole nitrogens is 1. The highest BCUT2D eigenvalue weighted by Crippen LogP contribution is 2.33. The molecule has 3 rings (SSSR count). The molecule has 0 spiro atoms. The van der Waals surface area contributed by atoms with Gasteiger partial charge in [-0.05, 0) is 46.2 Å². The van der Waals surface area contributed by atoms with E-state index < -0.39 is 0 Å². The van der Waals surface area contributed by atoms with Crippen LogP contribution in [0.3, 0.4) is 0 Å². The Labute approximate surface area is 134 Å². The van der Waals surface area contributed by atoms with Gasteiger partial charge in [0.15, 0.2) is 5.65 Å². The number of hydrogen-bond acceptors (Lipinski definition) is 6. The molecule has 0 radical (unpaired) electrons. The van der Waals surface area contributed by atoms with Gasteiger partial charge in [-0.1, -0.05) is 6.92 Å². The Morgan fingerprint density at radius 2 is 2.19 bits per heavy atom. The van der Waals surface area contributed by atoms with Gasteiger partial charge < -0.3 is 10.3 Å². The average Bonchev–Trinajstić information content (AvgIpc) is 2.96. The zero-order chi connectivity index (χ0) is 14.7. The van der Waals surface area contributed by atoms with Crippen LogP contribution in [0.5, 0.6) is 0 Å². The van der Waals surface area contributed by atoms with Crippen LogP contribution in [-0.4, -0.2) is 31.5 Å². The van der Waals surface area contributed by atoms with Crippen molar-refractivity contribution in [2.45, 2.75) is 23.4 Å². The number of aromatic amines is 1. The summed E-state index contributed by atoms with van der Waals surface area (Å²) in [4.78, 5) is 20.6. The topological polar surface area (TPSA) is 79.4 Å². The summed E-state index contributed by atoms with van der Waals surface area (Å²) in [5, 5.41) is 4.85. The molecule has 3 aromatic rings. The van der Waals surface area contributed by atoms with Crippen molar-refractivity contribution in [1.82, 2.24) is 24.9 Å². The van der Waals surface area contributed by atoms with Gasteiger partial charge in [0.2, 0.25) is 5.95 Å². The standard InChI is InChI=1S/C13H13BrN6S/c1-2-5-16-13-19-10-9(17-7-18-10)12(20-13)21-11-8(14)4-3-6-15-11/h3-4,6-7H,2,5H2,1H3,(H2,16,17,18,19,20). The van der Waals surface area contributed by atoms with Crippen molar-refractivity contribution in [2.75, 3.05) is 11.9 Å². The highest BCUT2D eigenvalue weighted by molar-refractivity contribution is 9.10. The van der Waals surface area contributed by atoms with Crippen molar-refractivity contribution >= 4 is 44.8 Å². The summed E-state index contributed by atoms with van der Waals surface area (Å²) in [7, 11) is 0. The van der Waals surface area contributed by atoms with E-state index in [1.807, 2.05) is 12.1 Å². The largest absolute Gasteiger partial charge is 0.354 e. The van der Waals surface area contributed by atoms with E-state index in [0.29, 0.717) is 11.6 Å². The van der Waals surface area contributed by atoms with Gasteiger partial charge in [-0.25, -0.2) is 15.0 Å². The molecule has 0 aliphatic carbocycles. The first kappa shape index (κ1) is 14.3. The fraction of sp³-hybridized carbons (Fsp3) is 0.231. The summed E-state index contributed by atoms with van der Waals surface area (Å²) in [5.74, 6) is 0.589. The molecule has 0 amide bonds. The van der Waals surface area contributed by atoms with E-state index in [-0.39, 0.29) is 0 Å². The van der Waals surface area contributed by atoms with Crippen LogP contribution in [0.2, 0.25) is 0 Å². The molecule has 0 aliphatic heterocycles. The maximum Gasteiger partial charge on any atom is 0.225 e. The predicted octanol–water partition coefficient (Wildman–Crippen LogP) is 3.48. The Morgan fingerprint density at radius 3 is 3.00 bits per heavy atom. The molecule has 0 aliphatic rings. The number of imidazole rings is 1. The van der Waals surface area contributed by atoms with Crippen molar-refractivity contribution < 1.29 is 0 Å². The summed E-state index contributed by atoms with van der Waals surface area (Å²) in [6.07, 6.45) is 4.39. The van der Waals surface area contributed by atoms with Crippen molar-refractivity contribution in [3.05, 3.63) is 29.1 Å². The van der Waals surface area contributed by atoms with Crippen LogP contribution < -0.4 is 5.32 Å². The third kappa shape index (κ3) is 3.16. The predicted molar refractivity (Wildman–Crippen MR) is 86.5 cm³/mol. The lowest BCUT2D eigenvalue weighted by atomic mass is 10.5. The van der Waals surface area contributed by atoms with Crippen molar-refractivity contribution in [1.29, 1.82) is 0 Å². The average molecular weight is 365 g/mol. The molecular formula is C13H13BrN6S. The van der Waals surface area contributed by atoms with Gasteiger partial charge in [0.05, 0.1) is 10.8 Å². The highest BCUT2D eigenvalue weighted by Gasteiger charge is 2.13. The highest BCUT2D eigenvalue weighted by atomic mass is 79.9. The number of hydrogen-bond donors (Lipinski definition) is 2. The molecule has 3 heterocycles. The molecule has 6 nitrogen and oxygen atoms in total. The molecule has 0 saturated heterocycles. The molecule has 21 heavy (non-hydrogen) atoms. The zero-order valence-electron chi connectivity index (χ0n) is 11.3. The molecular weight excluding hydrogens is 352 g/mol. The van der Waals surface area contributed by atoms with Gasteiger partial charge in [0, 0.05) is 12.7 Å².